The van der Waals surface area contributed by atoms with Gasteiger partial charge in [0, 0.05) is 0 Å². The number of ether oxygens (including phenoxy) is 7. The first-order chi connectivity index (χ1) is 19.5. The first-order valence-electron chi connectivity index (χ1n) is 14.1. The smallest absolute Gasteiger partial charge is 0.461 e. The summed E-state index contributed by atoms with van der Waals surface area (Å²) in [6.07, 6.45) is -0.895. The van der Waals surface area contributed by atoms with Gasteiger partial charge >= 0.3 is 24.4 Å². The van der Waals surface area contributed by atoms with Gasteiger partial charge in [0.1, 0.15) is 18.8 Å². The van der Waals surface area contributed by atoms with Crippen molar-refractivity contribution in [2.75, 3.05) is 26.4 Å². The van der Waals surface area contributed by atoms with Crippen LogP contribution in [0.3, 0.4) is 0 Å². The fraction of sp³-hybridized carbons (Fsp3) is 0.667. The average Bonchev–Trinajstić information content (AvgIpc) is 2.88. The zero-order chi connectivity index (χ0) is 31.9. The van der Waals surface area contributed by atoms with Crippen LogP contribution in [0.2, 0.25) is 0 Å². The summed E-state index contributed by atoms with van der Waals surface area (Å²) in [6, 6.07) is 3.24. The van der Waals surface area contributed by atoms with Crippen LogP contribution < -0.4 is 15.2 Å². The van der Waals surface area contributed by atoms with Crippen LogP contribution in [0.25, 0.3) is 0 Å². The zero-order valence-corrected chi connectivity index (χ0v) is 26.1. The van der Waals surface area contributed by atoms with Crippen molar-refractivity contribution >= 4 is 24.4 Å². The van der Waals surface area contributed by atoms with Crippen molar-refractivity contribution in [2.24, 2.45) is 16.6 Å². The van der Waals surface area contributed by atoms with Gasteiger partial charge in [-0.25, -0.2) is 14.4 Å². The molecule has 1 aromatic carbocycles. The summed E-state index contributed by atoms with van der Waals surface area (Å²) >= 11 is 0. The fourth-order valence-corrected chi connectivity index (χ4v) is 3.02. The maximum Gasteiger partial charge on any atom is 0.513 e. The van der Waals surface area contributed by atoms with Crippen LogP contribution >= 0.6 is 0 Å². The van der Waals surface area contributed by atoms with E-state index in [9.17, 15) is 19.2 Å². The molecule has 0 spiro atoms. The Balaban J connectivity index is 2.83. The van der Waals surface area contributed by atoms with E-state index in [4.69, 9.17) is 38.9 Å². The molecule has 0 aliphatic heterocycles. The normalized spacial score (nSPS) is 12.9. The van der Waals surface area contributed by atoms with Gasteiger partial charge in [0.15, 0.2) is 11.5 Å². The molecule has 0 unspecified atom stereocenters. The van der Waals surface area contributed by atoms with E-state index in [1.807, 2.05) is 48.5 Å². The summed E-state index contributed by atoms with van der Waals surface area (Å²) in [7, 11) is 0. The van der Waals surface area contributed by atoms with E-state index in [1.165, 1.54) is 12.1 Å². The standard InChI is InChI=1S/C30H47NO11/c1-9-10-11-14-36-26(33)40-20(2)17-37-25(32)22(31)15-21-12-13-23(41-27(34)38-18-29(3,4)5)24(16-21)42-28(35)39-19-30(6,7)8/h12-13,16,20,22H,9-11,14-15,17-19,31H2,1-8H3/t20-,22-/m0/s1. The van der Waals surface area contributed by atoms with E-state index < -0.39 is 36.6 Å². The molecule has 0 fully saturated rings. The Morgan fingerprint density at radius 1 is 0.786 bits per heavy atom. The number of esters is 1. The molecule has 0 aliphatic rings. The van der Waals surface area contributed by atoms with Crippen LogP contribution in [0.15, 0.2) is 18.2 Å². The largest absolute Gasteiger partial charge is 0.513 e. The second kappa shape index (κ2) is 17.4. The van der Waals surface area contributed by atoms with E-state index in [0.717, 1.165) is 19.3 Å². The van der Waals surface area contributed by atoms with Crippen molar-refractivity contribution in [1.82, 2.24) is 0 Å². The second-order valence-corrected chi connectivity index (χ2v) is 12.4. The Morgan fingerprint density at radius 2 is 1.36 bits per heavy atom. The SMILES string of the molecule is CCCCCOC(=O)O[C@@H](C)COC(=O)[C@@H](N)Cc1ccc(OC(=O)OCC(C)(C)C)c(OC(=O)OCC(C)(C)C)c1. The fourth-order valence-electron chi connectivity index (χ4n) is 3.02. The summed E-state index contributed by atoms with van der Waals surface area (Å²) in [5, 5.41) is 0. The molecule has 1 aromatic rings. The summed E-state index contributed by atoms with van der Waals surface area (Å²) in [5.41, 5.74) is 5.92. The van der Waals surface area contributed by atoms with Gasteiger partial charge in [0.25, 0.3) is 0 Å². The molecule has 0 bridgehead atoms. The lowest BCUT2D eigenvalue weighted by Crippen LogP contribution is -2.36. The van der Waals surface area contributed by atoms with Crippen LogP contribution in [-0.4, -0.2) is 63.0 Å². The van der Waals surface area contributed by atoms with Gasteiger partial charge in [0.2, 0.25) is 0 Å². The summed E-state index contributed by atoms with van der Waals surface area (Å²) in [6.45, 7) is 15.1. The van der Waals surface area contributed by atoms with Gasteiger partial charge in [0.05, 0.1) is 19.8 Å². The first-order valence-corrected chi connectivity index (χ1v) is 14.1. The second-order valence-electron chi connectivity index (χ2n) is 12.4. The Bertz CT molecular complexity index is 1030. The predicted octanol–water partition coefficient (Wildman–Crippen LogP) is 5.95. The minimum absolute atomic E-state index is 0.00427. The highest BCUT2D eigenvalue weighted by molar-refractivity contribution is 5.76. The molecule has 42 heavy (non-hydrogen) atoms. The van der Waals surface area contributed by atoms with E-state index >= 15 is 0 Å². The van der Waals surface area contributed by atoms with Crippen LogP contribution in [0.1, 0.15) is 80.2 Å². The number of rotatable bonds is 14. The Labute approximate surface area is 248 Å². The molecule has 12 nitrogen and oxygen atoms in total. The molecule has 2 atom stereocenters. The number of unbranched alkanes of at least 4 members (excludes halogenated alkanes) is 2. The molecule has 12 heteroatoms. The number of benzene rings is 1. The Kier molecular flexibility index (Phi) is 15.1. The molecule has 0 aromatic heterocycles. The van der Waals surface area contributed by atoms with Gasteiger partial charge in [-0.15, -0.1) is 0 Å². The Morgan fingerprint density at radius 3 is 1.90 bits per heavy atom. The lowest BCUT2D eigenvalue weighted by molar-refractivity contribution is -0.148. The van der Waals surface area contributed by atoms with Crippen molar-refractivity contribution in [1.29, 1.82) is 0 Å². The number of carbonyl (C=O) groups excluding carboxylic acids is 4. The number of hydrogen-bond acceptors (Lipinski definition) is 12. The molecule has 0 amide bonds. The molecule has 0 saturated carbocycles. The highest BCUT2D eigenvalue weighted by Crippen LogP contribution is 2.30. The summed E-state index contributed by atoms with van der Waals surface area (Å²) in [4.78, 5) is 48.8. The van der Waals surface area contributed by atoms with Gasteiger partial charge in [-0.2, -0.15) is 0 Å². The van der Waals surface area contributed by atoms with Crippen molar-refractivity contribution in [3.8, 4) is 11.5 Å². The molecule has 0 aliphatic carbocycles. The van der Waals surface area contributed by atoms with Gasteiger partial charge in [-0.3, -0.25) is 4.79 Å². The van der Waals surface area contributed by atoms with E-state index in [-0.39, 0.29) is 55.2 Å². The minimum Gasteiger partial charge on any atom is -0.461 e. The first kappa shape index (κ1) is 36.5. The Hall–Kier alpha value is -3.54. The van der Waals surface area contributed by atoms with Gasteiger partial charge in [-0.1, -0.05) is 67.4 Å². The lowest BCUT2D eigenvalue weighted by atomic mass is 9.99. The van der Waals surface area contributed by atoms with Crippen molar-refractivity contribution in [2.45, 2.75) is 93.2 Å². The average molecular weight is 598 g/mol. The molecule has 238 valence electrons. The topological polar surface area (TPSA) is 159 Å². The third kappa shape index (κ3) is 16.7. The predicted molar refractivity (Wildman–Crippen MR) is 153 cm³/mol. The molecular weight excluding hydrogens is 550 g/mol. The molecule has 0 radical (unpaired) electrons. The molecule has 1 rings (SSSR count). The number of carbonyl (C=O) groups is 4. The molecular formula is C30H47NO11. The van der Waals surface area contributed by atoms with Crippen LogP contribution in [0, 0.1) is 10.8 Å². The monoisotopic (exact) mass is 597 g/mol. The van der Waals surface area contributed by atoms with Crippen LogP contribution in [-0.2, 0) is 34.9 Å². The van der Waals surface area contributed by atoms with Crippen molar-refractivity contribution in [3.05, 3.63) is 23.8 Å². The summed E-state index contributed by atoms with van der Waals surface area (Å²) < 4.78 is 36.1. The van der Waals surface area contributed by atoms with Gasteiger partial charge in [-0.05, 0) is 48.3 Å². The van der Waals surface area contributed by atoms with E-state index in [0.29, 0.717) is 5.56 Å². The zero-order valence-electron chi connectivity index (χ0n) is 26.1. The number of hydrogen-bond donors (Lipinski definition) is 1. The molecule has 0 heterocycles. The van der Waals surface area contributed by atoms with Crippen molar-refractivity contribution in [3.63, 3.8) is 0 Å². The third-order valence-corrected chi connectivity index (χ3v) is 5.12. The maximum atomic E-state index is 12.5. The molecule has 2 N–H and O–H groups in total. The van der Waals surface area contributed by atoms with Crippen LogP contribution in [0.5, 0.6) is 11.5 Å². The number of nitrogens with two attached hydrogens (primary N) is 1. The minimum atomic E-state index is -1.09. The third-order valence-electron chi connectivity index (χ3n) is 5.12. The van der Waals surface area contributed by atoms with Crippen LogP contribution in [0.4, 0.5) is 14.4 Å². The van der Waals surface area contributed by atoms with E-state index in [2.05, 4.69) is 0 Å². The maximum absolute atomic E-state index is 12.5. The highest BCUT2D eigenvalue weighted by Gasteiger charge is 2.23. The van der Waals surface area contributed by atoms with E-state index in [1.54, 1.807) is 13.0 Å². The van der Waals surface area contributed by atoms with Crippen molar-refractivity contribution < 1.29 is 52.3 Å². The quantitative estimate of drug-likeness (QED) is 0.116. The highest BCUT2D eigenvalue weighted by atomic mass is 16.7. The van der Waals surface area contributed by atoms with Gasteiger partial charge < -0.3 is 38.9 Å². The lowest BCUT2D eigenvalue weighted by Gasteiger charge is -2.19. The summed E-state index contributed by atoms with van der Waals surface area (Å²) in [5.74, 6) is -0.951. The molecule has 0 saturated heterocycles.